The summed E-state index contributed by atoms with van der Waals surface area (Å²) in [7, 11) is 0. The van der Waals surface area contributed by atoms with Crippen LogP contribution in [-0.4, -0.2) is 11.7 Å². The Morgan fingerprint density at radius 3 is 2.62 bits per heavy atom. The van der Waals surface area contributed by atoms with Gasteiger partial charge in [-0.2, -0.15) is 0 Å². The molecule has 0 fully saturated rings. The quantitative estimate of drug-likeness (QED) is 0.509. The van der Waals surface area contributed by atoms with E-state index in [0.29, 0.717) is 0 Å². The van der Waals surface area contributed by atoms with Crippen molar-refractivity contribution >= 4 is 0 Å². The molecule has 0 rings (SSSR count). The molecule has 1 heteroatoms. The first-order valence-electron chi connectivity index (χ1n) is 4.72. The molecule has 0 heterocycles. The van der Waals surface area contributed by atoms with E-state index in [4.69, 9.17) is 11.5 Å². The van der Waals surface area contributed by atoms with E-state index in [2.05, 4.69) is 32.8 Å². The van der Waals surface area contributed by atoms with Gasteiger partial charge in [0.1, 0.15) is 0 Å². The minimum absolute atomic E-state index is 0.00258. The van der Waals surface area contributed by atoms with Crippen molar-refractivity contribution in [1.82, 2.24) is 0 Å². The highest BCUT2D eigenvalue weighted by atomic mass is 16.3. The van der Waals surface area contributed by atoms with Gasteiger partial charge in [-0.15, -0.1) is 12.3 Å². The van der Waals surface area contributed by atoms with Crippen molar-refractivity contribution in [1.29, 1.82) is 0 Å². The molecular weight excluding hydrogens is 160 g/mol. The highest BCUT2D eigenvalue weighted by molar-refractivity contribution is 5.02. The van der Waals surface area contributed by atoms with Crippen LogP contribution >= 0.6 is 0 Å². The van der Waals surface area contributed by atoms with Gasteiger partial charge < -0.3 is 5.11 Å². The van der Waals surface area contributed by atoms with Gasteiger partial charge in [0.15, 0.2) is 0 Å². The molecule has 13 heavy (non-hydrogen) atoms. The monoisotopic (exact) mass is 180 g/mol. The second kappa shape index (κ2) is 5.83. The second-order valence-corrected chi connectivity index (χ2v) is 4.28. The van der Waals surface area contributed by atoms with Crippen LogP contribution in [0, 0.1) is 17.8 Å². The van der Waals surface area contributed by atoms with E-state index in [-0.39, 0.29) is 12.0 Å². The second-order valence-electron chi connectivity index (χ2n) is 4.28. The van der Waals surface area contributed by atoms with Gasteiger partial charge in [0.2, 0.25) is 0 Å². The van der Waals surface area contributed by atoms with E-state index >= 15 is 0 Å². The van der Waals surface area contributed by atoms with E-state index < -0.39 is 0 Å². The maximum Gasteiger partial charge on any atom is 0.0485 e. The lowest BCUT2D eigenvalue weighted by Gasteiger charge is -2.19. The number of rotatable bonds is 5. The van der Waals surface area contributed by atoms with Crippen molar-refractivity contribution in [3.63, 3.8) is 0 Å². The largest absolute Gasteiger partial charge is 0.396 e. The number of hydrogen-bond donors (Lipinski definition) is 1. The molecule has 0 bridgehead atoms. The first-order chi connectivity index (χ1) is 6.02. The topological polar surface area (TPSA) is 20.2 Å². The molecule has 0 aliphatic rings. The summed E-state index contributed by atoms with van der Waals surface area (Å²) in [5.41, 5.74) is 1.32. The van der Waals surface area contributed by atoms with Crippen molar-refractivity contribution < 1.29 is 5.11 Å². The van der Waals surface area contributed by atoms with E-state index in [1.165, 1.54) is 5.57 Å². The Balaban J connectivity index is 3.90. The molecule has 0 radical (unpaired) electrons. The molecule has 0 atom stereocenters. The molecule has 0 saturated heterocycles. The third-order valence-electron chi connectivity index (χ3n) is 2.09. The maximum absolute atomic E-state index is 9.02. The van der Waals surface area contributed by atoms with Crippen molar-refractivity contribution in [3.05, 3.63) is 11.6 Å². The molecule has 1 nitrogen and oxygen atoms in total. The summed E-state index contributed by atoms with van der Waals surface area (Å²) in [6.45, 7) is 6.42. The van der Waals surface area contributed by atoms with Crippen molar-refractivity contribution in [3.8, 4) is 12.3 Å². The molecule has 0 aromatic rings. The Morgan fingerprint density at radius 2 is 2.15 bits per heavy atom. The van der Waals surface area contributed by atoms with Gasteiger partial charge in [0.05, 0.1) is 0 Å². The summed E-state index contributed by atoms with van der Waals surface area (Å²) in [4.78, 5) is 0. The van der Waals surface area contributed by atoms with Gasteiger partial charge in [-0.25, -0.2) is 0 Å². The minimum Gasteiger partial charge on any atom is -0.396 e. The van der Waals surface area contributed by atoms with Crippen molar-refractivity contribution in [2.75, 3.05) is 6.61 Å². The van der Waals surface area contributed by atoms with Crippen LogP contribution in [0.1, 0.15) is 40.0 Å². The van der Waals surface area contributed by atoms with Crippen LogP contribution in [0.5, 0.6) is 0 Å². The van der Waals surface area contributed by atoms with Gasteiger partial charge in [-0.05, 0) is 25.2 Å². The average molecular weight is 180 g/mol. The summed E-state index contributed by atoms with van der Waals surface area (Å²) >= 11 is 0. The highest BCUT2D eigenvalue weighted by Crippen LogP contribution is 2.21. The summed E-state index contributed by atoms with van der Waals surface area (Å²) in [5.74, 6) is 2.62. The highest BCUT2D eigenvalue weighted by Gasteiger charge is 2.13. The van der Waals surface area contributed by atoms with Crippen LogP contribution in [0.4, 0.5) is 0 Å². The Bertz CT molecular complexity index is 206. The third-order valence-corrected chi connectivity index (χ3v) is 2.09. The Hall–Kier alpha value is -0.740. The van der Waals surface area contributed by atoms with E-state index in [1.807, 2.05) is 0 Å². The van der Waals surface area contributed by atoms with Gasteiger partial charge >= 0.3 is 0 Å². The molecule has 0 amide bonds. The fraction of sp³-hybridized carbons (Fsp3) is 0.667. The van der Waals surface area contributed by atoms with E-state index in [1.54, 1.807) is 0 Å². The van der Waals surface area contributed by atoms with Crippen molar-refractivity contribution in [2.24, 2.45) is 5.41 Å². The van der Waals surface area contributed by atoms with Crippen LogP contribution in [0.15, 0.2) is 11.6 Å². The Morgan fingerprint density at radius 1 is 1.54 bits per heavy atom. The number of terminal acetylenes is 1. The maximum atomic E-state index is 9.02. The molecule has 0 saturated carbocycles. The van der Waals surface area contributed by atoms with E-state index in [0.717, 1.165) is 19.3 Å². The molecule has 0 unspecified atom stereocenters. The molecule has 0 aromatic carbocycles. The van der Waals surface area contributed by atoms with Gasteiger partial charge in [-0.1, -0.05) is 25.5 Å². The predicted molar refractivity (Wildman–Crippen MR) is 57.3 cm³/mol. The molecule has 1 N–H and O–H groups in total. The number of allylic oxidation sites excluding steroid dienone is 2. The van der Waals surface area contributed by atoms with Gasteiger partial charge in [-0.3, -0.25) is 0 Å². The van der Waals surface area contributed by atoms with Gasteiger partial charge in [0.25, 0.3) is 0 Å². The lowest BCUT2D eigenvalue weighted by atomic mass is 9.89. The van der Waals surface area contributed by atoms with Crippen LogP contribution in [0.2, 0.25) is 0 Å². The minimum atomic E-state index is -0.00258. The SMILES string of the molecule is C#CCC/C(C)=C\CC(C)(C)CO. The number of aliphatic hydroxyl groups excluding tert-OH is 1. The summed E-state index contributed by atoms with van der Waals surface area (Å²) in [5, 5.41) is 9.02. The third kappa shape index (κ3) is 6.42. The lowest BCUT2D eigenvalue weighted by molar-refractivity contribution is 0.162. The van der Waals surface area contributed by atoms with Crippen LogP contribution in [0.3, 0.4) is 0 Å². The zero-order valence-electron chi connectivity index (χ0n) is 8.93. The van der Waals surface area contributed by atoms with Gasteiger partial charge in [0, 0.05) is 13.0 Å². The number of aliphatic hydroxyl groups is 1. The summed E-state index contributed by atoms with van der Waals surface area (Å²) < 4.78 is 0. The Kier molecular flexibility index (Phi) is 5.50. The smallest absolute Gasteiger partial charge is 0.0485 e. The average Bonchev–Trinajstić information content (AvgIpc) is 2.11. The molecule has 0 spiro atoms. The van der Waals surface area contributed by atoms with Crippen LogP contribution in [0.25, 0.3) is 0 Å². The zero-order chi connectivity index (χ0) is 10.3. The molecule has 74 valence electrons. The molecule has 0 aliphatic heterocycles. The van der Waals surface area contributed by atoms with Crippen LogP contribution < -0.4 is 0 Å². The normalized spacial score (nSPS) is 12.7. The fourth-order valence-corrected chi connectivity index (χ4v) is 0.886. The predicted octanol–water partition coefficient (Wildman–Crippen LogP) is 2.75. The van der Waals surface area contributed by atoms with Crippen LogP contribution in [-0.2, 0) is 0 Å². The number of hydrogen-bond acceptors (Lipinski definition) is 1. The first-order valence-corrected chi connectivity index (χ1v) is 4.72. The summed E-state index contributed by atoms with van der Waals surface area (Å²) in [6.07, 6.45) is 10.0. The first kappa shape index (κ1) is 12.3. The van der Waals surface area contributed by atoms with E-state index in [9.17, 15) is 0 Å². The standard InChI is InChI=1S/C12H20O/c1-5-6-7-11(2)8-9-12(3,4)10-13/h1,8,13H,6-7,9-10H2,2-4H3/b11-8-. The fourth-order valence-electron chi connectivity index (χ4n) is 0.886. The lowest BCUT2D eigenvalue weighted by Crippen LogP contribution is -2.15. The molecule has 0 aromatic heterocycles. The molecule has 0 aliphatic carbocycles. The Labute approximate surface area is 81.9 Å². The summed E-state index contributed by atoms with van der Waals surface area (Å²) in [6, 6.07) is 0. The zero-order valence-corrected chi connectivity index (χ0v) is 8.93. The molecular formula is C12H20O. The van der Waals surface area contributed by atoms with Crippen molar-refractivity contribution in [2.45, 2.75) is 40.0 Å².